The molecular formula is C20H32N6O. The van der Waals surface area contributed by atoms with Crippen molar-refractivity contribution in [3.63, 3.8) is 0 Å². The normalized spacial score (nSPS) is 13.0. The number of guanidine groups is 1. The van der Waals surface area contributed by atoms with Gasteiger partial charge >= 0.3 is 0 Å². The third-order valence-corrected chi connectivity index (χ3v) is 4.15. The third-order valence-electron chi connectivity index (χ3n) is 4.15. The predicted octanol–water partition coefficient (Wildman–Crippen LogP) is 1.79. The van der Waals surface area contributed by atoms with E-state index in [1.165, 1.54) is 5.56 Å². The summed E-state index contributed by atoms with van der Waals surface area (Å²) in [5.41, 5.74) is 2.34. The summed E-state index contributed by atoms with van der Waals surface area (Å²) < 4.78 is 7.54. The van der Waals surface area contributed by atoms with Crippen molar-refractivity contribution >= 4 is 5.96 Å². The number of aryl methyl sites for hydroxylation is 1. The lowest BCUT2D eigenvalue weighted by Crippen LogP contribution is -2.39. The third kappa shape index (κ3) is 7.40. The zero-order chi connectivity index (χ0) is 19.5. The molecule has 1 heterocycles. The van der Waals surface area contributed by atoms with Gasteiger partial charge in [0.15, 0.2) is 5.96 Å². The fourth-order valence-corrected chi connectivity index (χ4v) is 2.70. The van der Waals surface area contributed by atoms with Crippen LogP contribution in [0.15, 0.2) is 47.7 Å². The summed E-state index contributed by atoms with van der Waals surface area (Å²) in [4.78, 5) is 6.90. The van der Waals surface area contributed by atoms with E-state index in [1.54, 1.807) is 0 Å². The molecule has 27 heavy (non-hydrogen) atoms. The van der Waals surface area contributed by atoms with Gasteiger partial charge in [0, 0.05) is 31.9 Å². The molecule has 148 valence electrons. The van der Waals surface area contributed by atoms with E-state index in [-0.39, 0.29) is 6.04 Å². The number of aliphatic imine (C=N–C) groups is 1. The van der Waals surface area contributed by atoms with Crippen molar-refractivity contribution in [1.82, 2.24) is 25.3 Å². The van der Waals surface area contributed by atoms with Gasteiger partial charge in [-0.3, -0.25) is 9.67 Å². The van der Waals surface area contributed by atoms with Crippen LogP contribution in [0.3, 0.4) is 0 Å². The summed E-state index contributed by atoms with van der Waals surface area (Å²) in [6.07, 6.45) is 3.94. The highest BCUT2D eigenvalue weighted by Crippen LogP contribution is 2.17. The summed E-state index contributed by atoms with van der Waals surface area (Å²) in [6.45, 7) is 5.49. The molecule has 0 fully saturated rings. The van der Waals surface area contributed by atoms with E-state index in [9.17, 15) is 0 Å². The number of rotatable bonds is 10. The van der Waals surface area contributed by atoms with Crippen molar-refractivity contribution < 1.29 is 4.74 Å². The van der Waals surface area contributed by atoms with Crippen LogP contribution >= 0.6 is 0 Å². The van der Waals surface area contributed by atoms with E-state index in [0.29, 0.717) is 26.3 Å². The number of nitrogens with zero attached hydrogens (tertiary/aromatic N) is 4. The van der Waals surface area contributed by atoms with Crippen LogP contribution in [0.5, 0.6) is 0 Å². The van der Waals surface area contributed by atoms with Gasteiger partial charge in [-0.2, -0.15) is 5.10 Å². The lowest BCUT2D eigenvalue weighted by Gasteiger charge is -2.22. The van der Waals surface area contributed by atoms with Gasteiger partial charge in [-0.25, -0.2) is 0 Å². The van der Waals surface area contributed by atoms with Crippen LogP contribution < -0.4 is 10.6 Å². The zero-order valence-corrected chi connectivity index (χ0v) is 16.9. The average molecular weight is 373 g/mol. The minimum atomic E-state index is 0.184. The van der Waals surface area contributed by atoms with Gasteiger partial charge in [0.05, 0.1) is 32.0 Å². The molecule has 0 amide bonds. The molecule has 1 atom stereocenters. The summed E-state index contributed by atoms with van der Waals surface area (Å²) in [7, 11) is 6.05. The fraction of sp³-hybridized carbons (Fsp3) is 0.500. The van der Waals surface area contributed by atoms with Gasteiger partial charge in [0.2, 0.25) is 0 Å². The topological polar surface area (TPSA) is 66.7 Å². The fourth-order valence-electron chi connectivity index (χ4n) is 2.70. The van der Waals surface area contributed by atoms with Gasteiger partial charge in [-0.15, -0.1) is 0 Å². The number of hydrogen-bond acceptors (Lipinski definition) is 4. The first-order valence-corrected chi connectivity index (χ1v) is 9.39. The molecule has 0 saturated heterocycles. The van der Waals surface area contributed by atoms with Crippen LogP contribution in [0.4, 0.5) is 0 Å². The van der Waals surface area contributed by atoms with Crippen molar-refractivity contribution in [2.24, 2.45) is 12.0 Å². The van der Waals surface area contributed by atoms with Crippen molar-refractivity contribution in [2.75, 3.05) is 40.3 Å². The van der Waals surface area contributed by atoms with Crippen LogP contribution in [0.1, 0.15) is 24.1 Å². The highest BCUT2D eigenvalue weighted by Gasteiger charge is 2.15. The van der Waals surface area contributed by atoms with Crippen LogP contribution in [0, 0.1) is 0 Å². The van der Waals surface area contributed by atoms with E-state index < -0.39 is 0 Å². The SMILES string of the molecule is CCNC(=NCC(c1cnn(C)c1)N(C)C)NCCOCc1ccccc1. The highest BCUT2D eigenvalue weighted by molar-refractivity contribution is 5.79. The molecule has 7 nitrogen and oxygen atoms in total. The van der Waals surface area contributed by atoms with Crippen molar-refractivity contribution in [2.45, 2.75) is 19.6 Å². The molecule has 0 aliphatic rings. The first-order valence-electron chi connectivity index (χ1n) is 9.39. The van der Waals surface area contributed by atoms with Crippen LogP contribution in [0.2, 0.25) is 0 Å². The monoisotopic (exact) mass is 372 g/mol. The van der Waals surface area contributed by atoms with Crippen molar-refractivity contribution in [3.8, 4) is 0 Å². The Morgan fingerprint density at radius 3 is 2.67 bits per heavy atom. The van der Waals surface area contributed by atoms with E-state index in [4.69, 9.17) is 9.73 Å². The predicted molar refractivity (Wildman–Crippen MR) is 110 cm³/mol. The second-order valence-electron chi connectivity index (χ2n) is 6.61. The number of aromatic nitrogens is 2. The van der Waals surface area contributed by atoms with E-state index >= 15 is 0 Å². The van der Waals surface area contributed by atoms with Crippen molar-refractivity contribution in [3.05, 3.63) is 53.9 Å². The second kappa shape index (κ2) is 11.4. The maximum Gasteiger partial charge on any atom is 0.191 e. The van der Waals surface area contributed by atoms with Gasteiger partial charge < -0.3 is 20.3 Å². The number of ether oxygens (including phenoxy) is 1. The maximum atomic E-state index is 5.72. The molecule has 0 radical (unpaired) electrons. The summed E-state index contributed by atoms with van der Waals surface area (Å²) in [6, 6.07) is 10.4. The molecule has 1 aromatic heterocycles. The Bertz CT molecular complexity index is 683. The van der Waals surface area contributed by atoms with Gasteiger partial charge in [-0.1, -0.05) is 30.3 Å². The number of benzene rings is 1. The standard InChI is InChI=1S/C20H32N6O/c1-5-21-20(22-11-12-27-16-17-9-7-6-8-10-17)23-14-19(25(2)3)18-13-24-26(4)15-18/h6-10,13,15,19H,5,11-12,14,16H2,1-4H3,(H2,21,22,23). The molecule has 0 saturated carbocycles. The van der Waals surface area contributed by atoms with E-state index in [1.807, 2.05) is 42.3 Å². The van der Waals surface area contributed by atoms with Gasteiger partial charge in [-0.05, 0) is 26.6 Å². The molecule has 2 rings (SSSR count). The second-order valence-corrected chi connectivity index (χ2v) is 6.61. The lowest BCUT2D eigenvalue weighted by molar-refractivity contribution is 0.125. The molecule has 2 aromatic rings. The molecular weight excluding hydrogens is 340 g/mol. The largest absolute Gasteiger partial charge is 0.375 e. The molecule has 0 aliphatic carbocycles. The van der Waals surface area contributed by atoms with E-state index in [0.717, 1.165) is 18.1 Å². The Labute approximate surface area is 162 Å². The quantitative estimate of drug-likeness (QED) is 0.378. The Morgan fingerprint density at radius 1 is 1.26 bits per heavy atom. The van der Waals surface area contributed by atoms with Gasteiger partial charge in [0.25, 0.3) is 0 Å². The van der Waals surface area contributed by atoms with Crippen molar-refractivity contribution in [1.29, 1.82) is 0 Å². The van der Waals surface area contributed by atoms with E-state index in [2.05, 4.69) is 53.8 Å². The summed E-state index contributed by atoms with van der Waals surface area (Å²) in [5, 5.41) is 10.9. The molecule has 1 aromatic carbocycles. The smallest absolute Gasteiger partial charge is 0.191 e. The Kier molecular flexibility index (Phi) is 8.80. The van der Waals surface area contributed by atoms with Crippen LogP contribution in [-0.4, -0.2) is 61.0 Å². The minimum Gasteiger partial charge on any atom is -0.375 e. The number of hydrogen-bond donors (Lipinski definition) is 2. The first kappa shape index (κ1) is 20.9. The summed E-state index contributed by atoms with van der Waals surface area (Å²) in [5.74, 6) is 0.802. The minimum absolute atomic E-state index is 0.184. The lowest BCUT2D eigenvalue weighted by atomic mass is 10.1. The molecule has 0 bridgehead atoms. The maximum absolute atomic E-state index is 5.72. The molecule has 0 spiro atoms. The Hall–Kier alpha value is -2.38. The first-order chi connectivity index (χ1) is 13.1. The highest BCUT2D eigenvalue weighted by atomic mass is 16.5. The Balaban J connectivity index is 1.81. The molecule has 7 heteroatoms. The molecule has 2 N–H and O–H groups in total. The van der Waals surface area contributed by atoms with Crippen LogP contribution in [0.25, 0.3) is 0 Å². The van der Waals surface area contributed by atoms with Gasteiger partial charge in [0.1, 0.15) is 0 Å². The number of nitrogens with one attached hydrogen (secondary N) is 2. The molecule has 1 unspecified atom stereocenters. The number of likely N-dealkylation sites (N-methyl/N-ethyl adjacent to an activating group) is 1. The van der Waals surface area contributed by atoms with Crippen LogP contribution in [-0.2, 0) is 18.4 Å². The molecule has 0 aliphatic heterocycles. The Morgan fingerprint density at radius 2 is 2.04 bits per heavy atom. The summed E-state index contributed by atoms with van der Waals surface area (Å²) >= 11 is 0. The average Bonchev–Trinajstić information content (AvgIpc) is 3.08. The zero-order valence-electron chi connectivity index (χ0n) is 16.9.